The second kappa shape index (κ2) is 10.9. The van der Waals surface area contributed by atoms with Crippen LogP contribution in [0, 0.1) is 11.2 Å². The maximum absolute atomic E-state index is 13.6. The van der Waals surface area contributed by atoms with Crippen LogP contribution in [0.15, 0.2) is 36.5 Å². The molecule has 3 aromatic rings. The van der Waals surface area contributed by atoms with Gasteiger partial charge in [0.2, 0.25) is 18.1 Å². The molecule has 1 fully saturated rings. The molecule has 1 saturated heterocycles. The molecule has 0 aliphatic carbocycles. The first-order valence-electron chi connectivity index (χ1n) is 11.4. The Kier molecular flexibility index (Phi) is 7.69. The quantitative estimate of drug-likeness (QED) is 0.341. The van der Waals surface area contributed by atoms with E-state index in [0.717, 1.165) is 0 Å². The number of carbonyl (C=O) groups is 1. The molecule has 4 rings (SSSR count). The standard InChI is InChI=1S/C24H29FN6O4/c1-15(33)28-12-24(2)13-34-22(35-14-24)21-30-19(16-4-6-17(25)7-5-16)20(31-21)18-8-10-27-23(29-18)26-9-3-11-32/h4-8,10,22,32H,3,9,11-14H2,1-2H3,(H,28,33)(H,30,31)(H,26,27,29). The SMILES string of the molecule is CC(=O)NCC1(C)COC(c2nc(-c3ccc(F)cc3)c(-c3ccnc(NCCCO)n3)[nH]2)OC1. The van der Waals surface area contributed by atoms with Crippen molar-refractivity contribution in [3.63, 3.8) is 0 Å². The molecule has 10 nitrogen and oxygen atoms in total. The Morgan fingerprint density at radius 3 is 2.66 bits per heavy atom. The minimum atomic E-state index is -0.739. The summed E-state index contributed by atoms with van der Waals surface area (Å²) >= 11 is 0. The van der Waals surface area contributed by atoms with Gasteiger partial charge in [0, 0.05) is 43.8 Å². The number of aromatic nitrogens is 4. The Bertz CT molecular complexity index is 1150. The van der Waals surface area contributed by atoms with Gasteiger partial charge in [0.05, 0.1) is 30.3 Å². The fraction of sp³-hybridized carbons (Fsp3) is 0.417. The van der Waals surface area contributed by atoms with E-state index in [1.165, 1.54) is 19.1 Å². The molecule has 1 amide bonds. The number of rotatable bonds is 9. The molecule has 0 atom stereocenters. The summed E-state index contributed by atoms with van der Waals surface area (Å²) in [6, 6.07) is 7.78. The van der Waals surface area contributed by atoms with Gasteiger partial charge in [-0.25, -0.2) is 19.3 Å². The van der Waals surface area contributed by atoms with Crippen molar-refractivity contribution in [1.82, 2.24) is 25.3 Å². The summed E-state index contributed by atoms with van der Waals surface area (Å²) in [6.07, 6.45) is 1.46. The van der Waals surface area contributed by atoms with Gasteiger partial charge >= 0.3 is 0 Å². The summed E-state index contributed by atoms with van der Waals surface area (Å²) in [7, 11) is 0. The van der Waals surface area contributed by atoms with Crippen LogP contribution in [0.1, 0.15) is 32.4 Å². The van der Waals surface area contributed by atoms with Crippen LogP contribution >= 0.6 is 0 Å². The summed E-state index contributed by atoms with van der Waals surface area (Å²) in [5.74, 6) is 0.411. The van der Waals surface area contributed by atoms with Crippen molar-refractivity contribution in [1.29, 1.82) is 0 Å². The maximum Gasteiger partial charge on any atom is 0.223 e. The zero-order chi connectivity index (χ0) is 24.8. The van der Waals surface area contributed by atoms with E-state index in [1.54, 1.807) is 24.4 Å². The van der Waals surface area contributed by atoms with Gasteiger partial charge in [-0.3, -0.25) is 4.79 Å². The van der Waals surface area contributed by atoms with Crippen LogP contribution in [-0.2, 0) is 14.3 Å². The molecule has 1 aliphatic rings. The zero-order valence-electron chi connectivity index (χ0n) is 19.7. The first kappa shape index (κ1) is 24.7. The van der Waals surface area contributed by atoms with Crippen LogP contribution in [0.25, 0.3) is 22.6 Å². The molecule has 11 heteroatoms. The smallest absolute Gasteiger partial charge is 0.223 e. The highest BCUT2D eigenvalue weighted by Gasteiger charge is 2.35. The van der Waals surface area contributed by atoms with E-state index in [-0.39, 0.29) is 23.7 Å². The number of imidazole rings is 1. The number of benzene rings is 1. The van der Waals surface area contributed by atoms with Crippen LogP contribution in [0.5, 0.6) is 0 Å². The minimum Gasteiger partial charge on any atom is -0.396 e. The van der Waals surface area contributed by atoms with E-state index in [9.17, 15) is 9.18 Å². The molecular formula is C24H29FN6O4. The molecule has 1 aromatic carbocycles. The van der Waals surface area contributed by atoms with Crippen LogP contribution in [0.4, 0.5) is 10.3 Å². The van der Waals surface area contributed by atoms with Crippen LogP contribution < -0.4 is 10.6 Å². The van der Waals surface area contributed by atoms with Crippen molar-refractivity contribution in [3.05, 3.63) is 48.2 Å². The number of H-pyrrole nitrogens is 1. The molecule has 0 bridgehead atoms. The molecule has 0 unspecified atom stereocenters. The van der Waals surface area contributed by atoms with Crippen LogP contribution in [0.2, 0.25) is 0 Å². The van der Waals surface area contributed by atoms with Gasteiger partial charge in [0.25, 0.3) is 0 Å². The van der Waals surface area contributed by atoms with Gasteiger partial charge < -0.3 is 30.2 Å². The van der Waals surface area contributed by atoms with E-state index in [4.69, 9.17) is 19.6 Å². The number of hydrogen-bond acceptors (Lipinski definition) is 8. The van der Waals surface area contributed by atoms with E-state index < -0.39 is 6.29 Å². The molecule has 35 heavy (non-hydrogen) atoms. The van der Waals surface area contributed by atoms with Crippen molar-refractivity contribution in [2.45, 2.75) is 26.6 Å². The number of aliphatic hydroxyl groups excluding tert-OH is 1. The Morgan fingerprint density at radius 1 is 1.23 bits per heavy atom. The fourth-order valence-corrected chi connectivity index (χ4v) is 3.61. The number of hydrogen-bond donors (Lipinski definition) is 4. The van der Waals surface area contributed by atoms with Gasteiger partial charge in [0.1, 0.15) is 5.82 Å². The predicted octanol–water partition coefficient (Wildman–Crippen LogP) is 2.65. The van der Waals surface area contributed by atoms with Crippen LogP contribution in [0.3, 0.4) is 0 Å². The zero-order valence-corrected chi connectivity index (χ0v) is 19.7. The van der Waals surface area contributed by atoms with E-state index in [2.05, 4.69) is 25.6 Å². The molecule has 186 valence electrons. The highest BCUT2D eigenvalue weighted by Crippen LogP contribution is 2.35. The third kappa shape index (κ3) is 6.18. The van der Waals surface area contributed by atoms with Gasteiger partial charge in [-0.2, -0.15) is 0 Å². The molecular weight excluding hydrogens is 455 g/mol. The normalized spacial score (nSPS) is 19.9. The van der Waals surface area contributed by atoms with Crippen molar-refractivity contribution in [3.8, 4) is 22.6 Å². The number of nitrogens with zero attached hydrogens (tertiary/aromatic N) is 3. The number of ether oxygens (including phenoxy) is 2. The lowest BCUT2D eigenvalue weighted by Gasteiger charge is -2.36. The topological polar surface area (TPSA) is 134 Å². The lowest BCUT2D eigenvalue weighted by Crippen LogP contribution is -2.45. The Balaban J connectivity index is 1.61. The lowest BCUT2D eigenvalue weighted by atomic mass is 9.92. The monoisotopic (exact) mass is 484 g/mol. The van der Waals surface area contributed by atoms with E-state index >= 15 is 0 Å². The summed E-state index contributed by atoms with van der Waals surface area (Å²) in [5.41, 5.74) is 2.09. The summed E-state index contributed by atoms with van der Waals surface area (Å²) in [4.78, 5) is 28.1. The van der Waals surface area contributed by atoms with Crippen molar-refractivity contribution < 1.29 is 23.8 Å². The number of carbonyl (C=O) groups excluding carboxylic acids is 1. The molecule has 0 saturated carbocycles. The summed E-state index contributed by atoms with van der Waals surface area (Å²) in [6.45, 7) is 5.21. The molecule has 3 heterocycles. The van der Waals surface area contributed by atoms with Crippen molar-refractivity contribution >= 4 is 11.9 Å². The highest BCUT2D eigenvalue weighted by atomic mass is 19.1. The largest absolute Gasteiger partial charge is 0.396 e. The number of halogens is 1. The second-order valence-electron chi connectivity index (χ2n) is 8.80. The van der Waals surface area contributed by atoms with Gasteiger partial charge in [-0.1, -0.05) is 6.92 Å². The minimum absolute atomic E-state index is 0.0660. The number of nitrogens with one attached hydrogen (secondary N) is 3. The van der Waals surface area contributed by atoms with Crippen LogP contribution in [-0.4, -0.2) is 63.9 Å². The molecule has 0 radical (unpaired) electrons. The Hall–Kier alpha value is -3.41. The molecule has 1 aliphatic heterocycles. The molecule has 2 aromatic heterocycles. The fourth-order valence-electron chi connectivity index (χ4n) is 3.61. The Morgan fingerprint density at radius 2 is 1.97 bits per heavy atom. The highest BCUT2D eigenvalue weighted by molar-refractivity contribution is 5.77. The Labute approximate surface area is 202 Å². The third-order valence-corrected chi connectivity index (χ3v) is 5.52. The number of amides is 1. The third-order valence-electron chi connectivity index (χ3n) is 5.52. The van der Waals surface area contributed by atoms with E-state index in [0.29, 0.717) is 67.1 Å². The van der Waals surface area contributed by atoms with Crippen molar-refractivity contribution in [2.24, 2.45) is 5.41 Å². The maximum atomic E-state index is 13.6. The number of aromatic amines is 1. The molecule has 4 N–H and O–H groups in total. The molecule has 0 spiro atoms. The van der Waals surface area contributed by atoms with E-state index in [1.807, 2.05) is 6.92 Å². The first-order valence-corrected chi connectivity index (χ1v) is 11.4. The summed E-state index contributed by atoms with van der Waals surface area (Å²) in [5, 5.41) is 14.9. The van der Waals surface area contributed by atoms with Gasteiger partial charge in [0.15, 0.2) is 5.82 Å². The lowest BCUT2D eigenvalue weighted by molar-refractivity contribution is -0.232. The average Bonchev–Trinajstić information content (AvgIpc) is 3.30. The number of aliphatic hydroxyl groups is 1. The summed E-state index contributed by atoms with van der Waals surface area (Å²) < 4.78 is 25.5. The van der Waals surface area contributed by atoms with Crippen molar-refractivity contribution in [2.75, 3.05) is 38.2 Å². The average molecular weight is 485 g/mol. The second-order valence-corrected chi connectivity index (χ2v) is 8.80. The number of anilines is 1. The van der Waals surface area contributed by atoms with Gasteiger partial charge in [-0.05, 0) is 36.8 Å². The van der Waals surface area contributed by atoms with Gasteiger partial charge in [-0.15, -0.1) is 0 Å². The predicted molar refractivity (Wildman–Crippen MR) is 127 cm³/mol. The first-order chi connectivity index (χ1) is 16.9.